The first-order valence-electron chi connectivity index (χ1n) is 0.698. The molecule has 0 saturated heterocycles. The zero-order valence-electron chi connectivity index (χ0n) is 4.45. The molecule has 0 heterocycles. The van der Waals surface area contributed by atoms with Crippen molar-refractivity contribution in [2.75, 3.05) is 0 Å². The van der Waals surface area contributed by atoms with Crippen LogP contribution in [0.5, 0.6) is 0 Å². The Labute approximate surface area is 67.2 Å². The van der Waals surface area contributed by atoms with Gasteiger partial charge in [0.15, 0.2) is 0 Å². The molecule has 0 bridgehead atoms. The minimum atomic E-state index is -4.67. The SMILES string of the molecule is O.O.O.O.O=S(=O)(O)O.[Co]. The quantitative estimate of drug-likeness (QED) is 0.399. The summed E-state index contributed by atoms with van der Waals surface area (Å²) in [6.45, 7) is 0. The molecule has 0 aromatic rings. The molecular formula is H10CoO8S. The van der Waals surface area contributed by atoms with Gasteiger partial charge in [-0.2, -0.15) is 8.42 Å². The summed E-state index contributed by atoms with van der Waals surface area (Å²) in [5.41, 5.74) is 0. The Kier molecular flexibility index (Phi) is 78.6. The van der Waals surface area contributed by atoms with Crippen molar-refractivity contribution in [1.82, 2.24) is 0 Å². The Morgan fingerprint density at radius 2 is 0.800 bits per heavy atom. The molecule has 0 unspecified atom stereocenters. The molecular weight excluding hydrogens is 219 g/mol. The third-order valence-corrected chi connectivity index (χ3v) is 0. The average molecular weight is 229 g/mol. The van der Waals surface area contributed by atoms with Crippen LogP contribution in [-0.4, -0.2) is 39.4 Å². The molecule has 0 rings (SSSR count). The van der Waals surface area contributed by atoms with Crippen LogP contribution in [0.3, 0.4) is 0 Å². The summed E-state index contributed by atoms with van der Waals surface area (Å²) in [5, 5.41) is 0. The van der Waals surface area contributed by atoms with Gasteiger partial charge < -0.3 is 21.9 Å². The van der Waals surface area contributed by atoms with Crippen LogP contribution in [0, 0.1) is 0 Å². The van der Waals surface area contributed by atoms with E-state index in [1.165, 1.54) is 0 Å². The van der Waals surface area contributed by atoms with E-state index in [2.05, 4.69) is 0 Å². The third-order valence-electron chi connectivity index (χ3n) is 0. The molecule has 0 saturated carbocycles. The summed E-state index contributed by atoms with van der Waals surface area (Å²) in [6, 6.07) is 0. The Morgan fingerprint density at radius 1 is 0.800 bits per heavy atom. The summed E-state index contributed by atoms with van der Waals surface area (Å²) >= 11 is 0. The van der Waals surface area contributed by atoms with Gasteiger partial charge in [0.05, 0.1) is 0 Å². The van der Waals surface area contributed by atoms with E-state index in [1.807, 2.05) is 0 Å². The van der Waals surface area contributed by atoms with Crippen molar-refractivity contribution < 1.29 is 56.2 Å². The summed E-state index contributed by atoms with van der Waals surface area (Å²) < 4.78 is 31.6. The Bertz CT molecular complexity index is 92.4. The first-order chi connectivity index (χ1) is 2.00. The summed E-state index contributed by atoms with van der Waals surface area (Å²) in [7, 11) is -4.67. The molecule has 0 spiro atoms. The van der Waals surface area contributed by atoms with E-state index >= 15 is 0 Å². The summed E-state index contributed by atoms with van der Waals surface area (Å²) in [5.74, 6) is 0. The van der Waals surface area contributed by atoms with Gasteiger partial charge in [0, 0.05) is 16.8 Å². The summed E-state index contributed by atoms with van der Waals surface area (Å²) in [4.78, 5) is 0. The van der Waals surface area contributed by atoms with Gasteiger partial charge >= 0.3 is 10.4 Å². The molecule has 0 aromatic carbocycles. The van der Waals surface area contributed by atoms with Crippen molar-refractivity contribution >= 4 is 10.4 Å². The molecule has 10 heavy (non-hydrogen) atoms. The van der Waals surface area contributed by atoms with Crippen molar-refractivity contribution in [2.45, 2.75) is 0 Å². The van der Waals surface area contributed by atoms with E-state index in [-0.39, 0.29) is 38.7 Å². The maximum absolute atomic E-state index is 8.74. The van der Waals surface area contributed by atoms with Crippen LogP contribution in [0.15, 0.2) is 0 Å². The first kappa shape index (κ1) is 48.8. The van der Waals surface area contributed by atoms with Crippen molar-refractivity contribution in [3.8, 4) is 0 Å². The van der Waals surface area contributed by atoms with Crippen molar-refractivity contribution in [2.24, 2.45) is 0 Å². The van der Waals surface area contributed by atoms with Gasteiger partial charge in [-0.05, 0) is 0 Å². The Balaban J connectivity index is -0.00000000800. The van der Waals surface area contributed by atoms with Gasteiger partial charge in [-0.1, -0.05) is 0 Å². The van der Waals surface area contributed by atoms with Gasteiger partial charge in [-0.3, -0.25) is 9.11 Å². The molecule has 10 N–H and O–H groups in total. The maximum Gasteiger partial charge on any atom is 0.394 e. The monoisotopic (exact) mass is 229 g/mol. The summed E-state index contributed by atoms with van der Waals surface area (Å²) in [6.07, 6.45) is 0. The van der Waals surface area contributed by atoms with E-state index in [9.17, 15) is 0 Å². The first-order valence-corrected chi connectivity index (χ1v) is 2.10. The molecule has 0 aliphatic carbocycles. The van der Waals surface area contributed by atoms with Crippen molar-refractivity contribution in [1.29, 1.82) is 0 Å². The maximum atomic E-state index is 8.74. The normalized spacial score (nSPS) is 5.80. The molecule has 0 fully saturated rings. The van der Waals surface area contributed by atoms with E-state index in [0.717, 1.165) is 0 Å². The predicted octanol–water partition coefficient (Wildman–Crippen LogP) is -3.95. The predicted molar refractivity (Wildman–Crippen MR) is 28.6 cm³/mol. The number of rotatable bonds is 0. The minimum Gasteiger partial charge on any atom is -0.412 e. The molecule has 0 aromatic heterocycles. The molecule has 0 atom stereocenters. The molecule has 0 amide bonds. The van der Waals surface area contributed by atoms with Crippen LogP contribution >= 0.6 is 0 Å². The molecule has 8 nitrogen and oxygen atoms in total. The van der Waals surface area contributed by atoms with Crippen LogP contribution in [-0.2, 0) is 27.2 Å². The van der Waals surface area contributed by atoms with E-state index in [4.69, 9.17) is 17.5 Å². The van der Waals surface area contributed by atoms with Gasteiger partial charge in [0.2, 0.25) is 0 Å². The van der Waals surface area contributed by atoms with Crippen LogP contribution in [0.2, 0.25) is 0 Å². The Morgan fingerprint density at radius 3 is 0.800 bits per heavy atom. The fourth-order valence-electron chi connectivity index (χ4n) is 0. The van der Waals surface area contributed by atoms with Gasteiger partial charge in [-0.25, -0.2) is 0 Å². The van der Waals surface area contributed by atoms with Crippen LogP contribution in [0.4, 0.5) is 0 Å². The smallest absolute Gasteiger partial charge is 0.394 e. The molecule has 0 aliphatic rings. The van der Waals surface area contributed by atoms with Crippen LogP contribution in [0.25, 0.3) is 0 Å². The molecule has 73 valence electrons. The van der Waals surface area contributed by atoms with E-state index in [1.54, 1.807) is 0 Å². The second-order valence-electron chi connectivity index (χ2n) is 0.448. The molecule has 10 heteroatoms. The largest absolute Gasteiger partial charge is 0.412 e. The van der Waals surface area contributed by atoms with E-state index in [0.29, 0.717) is 0 Å². The van der Waals surface area contributed by atoms with Crippen LogP contribution in [0.1, 0.15) is 0 Å². The standard InChI is InChI=1S/Co.H2O4S.4H2O/c;1-5(2,3)4;;;;/h;(H2,1,2,3,4);4*1H2. The Hall–Kier alpha value is 0.216. The molecule has 1 radical (unpaired) electrons. The third kappa shape index (κ3) is 9130. The van der Waals surface area contributed by atoms with Crippen molar-refractivity contribution in [3.05, 3.63) is 0 Å². The second kappa shape index (κ2) is 16.1. The van der Waals surface area contributed by atoms with Gasteiger partial charge in [0.1, 0.15) is 0 Å². The van der Waals surface area contributed by atoms with Gasteiger partial charge in [0.25, 0.3) is 0 Å². The van der Waals surface area contributed by atoms with Gasteiger partial charge in [-0.15, -0.1) is 0 Å². The average Bonchev–Trinajstić information content (AvgIpc) is 0.722. The topological polar surface area (TPSA) is 201 Å². The minimum absolute atomic E-state index is 0. The van der Waals surface area contributed by atoms with Crippen LogP contribution < -0.4 is 0 Å². The van der Waals surface area contributed by atoms with E-state index < -0.39 is 10.4 Å². The fraction of sp³-hybridized carbons (Fsp3) is 0. The number of hydrogen-bond donors (Lipinski definition) is 2. The van der Waals surface area contributed by atoms with Crippen molar-refractivity contribution in [3.63, 3.8) is 0 Å². The second-order valence-corrected chi connectivity index (χ2v) is 1.34. The zero-order valence-corrected chi connectivity index (χ0v) is 6.31. The molecule has 0 aliphatic heterocycles. The fourth-order valence-corrected chi connectivity index (χ4v) is 0. The zero-order chi connectivity index (χ0) is 4.50. The number of hydrogen-bond acceptors (Lipinski definition) is 2.